The Morgan fingerprint density at radius 3 is 2.73 bits per heavy atom. The highest BCUT2D eigenvalue weighted by molar-refractivity contribution is 7.89. The summed E-state index contributed by atoms with van der Waals surface area (Å²) in [5.41, 5.74) is 1.42. The first-order chi connectivity index (χ1) is 14.5. The summed E-state index contributed by atoms with van der Waals surface area (Å²) in [5, 5.41) is 2.86. The van der Waals surface area contributed by atoms with E-state index >= 15 is 0 Å². The molecule has 2 aromatic rings. The minimum absolute atomic E-state index is 0.0919. The van der Waals surface area contributed by atoms with Crippen LogP contribution in [0.15, 0.2) is 47.4 Å². The topological polar surface area (TPSA) is 84.9 Å². The van der Waals surface area contributed by atoms with Crippen LogP contribution >= 0.6 is 0 Å². The molecular weight excluding hydrogens is 404 g/mol. The van der Waals surface area contributed by atoms with Crippen LogP contribution in [0.25, 0.3) is 0 Å². The normalized spacial score (nSPS) is 19.0. The summed E-state index contributed by atoms with van der Waals surface area (Å²) in [6.07, 6.45) is 2.28. The largest absolute Gasteiger partial charge is 0.492 e. The number of rotatable bonds is 6. The van der Waals surface area contributed by atoms with E-state index in [4.69, 9.17) is 9.47 Å². The predicted molar refractivity (Wildman–Crippen MR) is 113 cm³/mol. The molecule has 4 rings (SSSR count). The highest BCUT2D eigenvalue weighted by atomic mass is 32.2. The third-order valence-electron chi connectivity index (χ3n) is 5.44. The van der Waals surface area contributed by atoms with Gasteiger partial charge in [0.2, 0.25) is 15.9 Å². The van der Waals surface area contributed by atoms with E-state index in [1.165, 1.54) is 10.4 Å². The Balaban J connectivity index is 1.55. The predicted octanol–water partition coefficient (Wildman–Crippen LogP) is 3.06. The molecule has 2 heterocycles. The average molecular weight is 431 g/mol. The van der Waals surface area contributed by atoms with E-state index < -0.39 is 10.0 Å². The fourth-order valence-electron chi connectivity index (χ4n) is 3.87. The van der Waals surface area contributed by atoms with E-state index in [0.29, 0.717) is 44.2 Å². The van der Waals surface area contributed by atoms with Crippen LogP contribution in [-0.4, -0.2) is 44.9 Å². The minimum Gasteiger partial charge on any atom is -0.492 e. The van der Waals surface area contributed by atoms with Crippen molar-refractivity contribution >= 4 is 21.6 Å². The van der Waals surface area contributed by atoms with Gasteiger partial charge in [-0.3, -0.25) is 4.79 Å². The highest BCUT2D eigenvalue weighted by Gasteiger charge is 2.31. The lowest BCUT2D eigenvalue weighted by molar-refractivity contribution is -0.121. The number of amides is 1. The van der Waals surface area contributed by atoms with Crippen LogP contribution in [0.4, 0.5) is 5.69 Å². The van der Waals surface area contributed by atoms with Crippen molar-refractivity contribution in [2.45, 2.75) is 31.1 Å². The van der Waals surface area contributed by atoms with Crippen molar-refractivity contribution in [3.05, 3.63) is 48.0 Å². The van der Waals surface area contributed by atoms with Gasteiger partial charge < -0.3 is 14.8 Å². The lowest BCUT2D eigenvalue weighted by Gasteiger charge is -2.25. The molecular formula is C22H26N2O5S. The first kappa shape index (κ1) is 20.7. The zero-order valence-corrected chi connectivity index (χ0v) is 17.8. The number of benzene rings is 2. The van der Waals surface area contributed by atoms with Crippen molar-refractivity contribution in [1.29, 1.82) is 0 Å². The molecule has 7 nitrogen and oxygen atoms in total. The number of carbonyl (C=O) groups is 1. The summed E-state index contributed by atoms with van der Waals surface area (Å²) in [7, 11) is -3.68. The summed E-state index contributed by atoms with van der Waals surface area (Å²) in [6, 6.07) is 12.4. The number of nitrogens with one attached hydrogen (secondary N) is 1. The maximum absolute atomic E-state index is 13.1. The molecule has 1 atom stereocenters. The summed E-state index contributed by atoms with van der Waals surface area (Å²) < 4.78 is 39.0. The Morgan fingerprint density at radius 1 is 1.20 bits per heavy atom. The number of ether oxygens (including phenoxy) is 2. The van der Waals surface area contributed by atoms with Gasteiger partial charge in [-0.05, 0) is 56.0 Å². The zero-order chi connectivity index (χ0) is 21.1. The number of para-hydroxylation sites is 1. The Bertz CT molecular complexity index is 1030. The lowest BCUT2D eigenvalue weighted by atomic mass is 9.96. The van der Waals surface area contributed by atoms with Gasteiger partial charge in [-0.2, -0.15) is 4.31 Å². The van der Waals surface area contributed by atoms with E-state index in [1.807, 2.05) is 31.2 Å². The quantitative estimate of drug-likeness (QED) is 0.761. The van der Waals surface area contributed by atoms with Gasteiger partial charge in [0.25, 0.3) is 0 Å². The van der Waals surface area contributed by atoms with Crippen molar-refractivity contribution in [2.75, 3.05) is 31.6 Å². The highest BCUT2D eigenvalue weighted by Crippen LogP contribution is 2.32. The molecule has 30 heavy (non-hydrogen) atoms. The fraction of sp³-hybridized carbons (Fsp3) is 0.409. The van der Waals surface area contributed by atoms with Crippen LogP contribution in [0, 0.1) is 5.92 Å². The molecule has 0 saturated carbocycles. The molecule has 8 heteroatoms. The molecule has 1 unspecified atom stereocenters. The molecule has 2 aromatic carbocycles. The summed E-state index contributed by atoms with van der Waals surface area (Å²) in [4.78, 5) is 12.9. The van der Waals surface area contributed by atoms with Gasteiger partial charge in [0.05, 0.1) is 12.5 Å². The Labute approximate surface area is 177 Å². The number of hydrogen-bond acceptors (Lipinski definition) is 5. The van der Waals surface area contributed by atoms with E-state index in [9.17, 15) is 13.2 Å². The van der Waals surface area contributed by atoms with Crippen LogP contribution in [0.1, 0.15) is 25.3 Å². The van der Waals surface area contributed by atoms with Gasteiger partial charge in [0, 0.05) is 18.8 Å². The number of sulfonamides is 1. The molecule has 0 aromatic heterocycles. The second kappa shape index (κ2) is 8.65. The van der Waals surface area contributed by atoms with Crippen molar-refractivity contribution in [3.8, 4) is 11.5 Å². The van der Waals surface area contributed by atoms with E-state index in [1.54, 1.807) is 12.1 Å². The Hall–Kier alpha value is -2.58. The zero-order valence-electron chi connectivity index (χ0n) is 17.0. The van der Waals surface area contributed by atoms with Gasteiger partial charge in [0.1, 0.15) is 23.0 Å². The number of carbonyl (C=O) groups excluding carboxylic acids is 1. The Kier molecular flexibility index (Phi) is 5.97. The van der Waals surface area contributed by atoms with Crippen LogP contribution in [0.2, 0.25) is 0 Å². The summed E-state index contributed by atoms with van der Waals surface area (Å²) in [6.45, 7) is 3.46. The molecule has 1 amide bonds. The van der Waals surface area contributed by atoms with Crippen molar-refractivity contribution < 1.29 is 22.7 Å². The number of nitrogens with zero attached hydrogens (tertiary/aromatic N) is 1. The maximum Gasteiger partial charge on any atom is 0.246 e. The van der Waals surface area contributed by atoms with E-state index in [2.05, 4.69) is 5.32 Å². The fourth-order valence-corrected chi connectivity index (χ4v) is 5.54. The van der Waals surface area contributed by atoms with Gasteiger partial charge in [-0.25, -0.2) is 8.42 Å². The van der Waals surface area contributed by atoms with Gasteiger partial charge in [-0.15, -0.1) is 0 Å². The maximum atomic E-state index is 13.1. The first-order valence-electron chi connectivity index (χ1n) is 10.3. The lowest BCUT2D eigenvalue weighted by Crippen LogP contribution is -2.32. The van der Waals surface area contributed by atoms with Crippen LogP contribution < -0.4 is 14.8 Å². The molecule has 2 aliphatic heterocycles. The number of hydrogen-bond donors (Lipinski definition) is 1. The van der Waals surface area contributed by atoms with Crippen LogP contribution in [0.5, 0.6) is 11.5 Å². The molecule has 0 radical (unpaired) electrons. The second-order valence-electron chi connectivity index (χ2n) is 7.51. The van der Waals surface area contributed by atoms with Gasteiger partial charge in [0.15, 0.2) is 0 Å². The summed E-state index contributed by atoms with van der Waals surface area (Å²) in [5.74, 6) is 0.572. The molecule has 0 aliphatic carbocycles. The molecule has 2 aliphatic rings. The monoisotopic (exact) mass is 430 g/mol. The SMILES string of the molecule is CCOc1ccc(NC(=O)C2COc3ccccc3C2)cc1S(=O)(=O)N1CCCC1. The van der Waals surface area contributed by atoms with E-state index in [0.717, 1.165) is 24.2 Å². The molecule has 0 spiro atoms. The standard InChI is InChI=1S/C22H26N2O5S/c1-2-28-20-10-9-18(14-21(20)30(26,27)24-11-5-6-12-24)23-22(25)17-13-16-7-3-4-8-19(16)29-15-17/h3-4,7-10,14,17H,2,5-6,11-13,15H2,1H3,(H,23,25). The molecule has 1 fully saturated rings. The van der Waals surface area contributed by atoms with Crippen LogP contribution in [-0.2, 0) is 21.2 Å². The van der Waals surface area contributed by atoms with Crippen LogP contribution in [0.3, 0.4) is 0 Å². The average Bonchev–Trinajstić information content (AvgIpc) is 3.30. The number of anilines is 1. The second-order valence-corrected chi connectivity index (χ2v) is 9.42. The van der Waals surface area contributed by atoms with Gasteiger partial charge in [-0.1, -0.05) is 18.2 Å². The Morgan fingerprint density at radius 2 is 1.97 bits per heavy atom. The van der Waals surface area contributed by atoms with Crippen molar-refractivity contribution in [3.63, 3.8) is 0 Å². The summed E-state index contributed by atoms with van der Waals surface area (Å²) >= 11 is 0. The number of fused-ring (bicyclic) bond motifs is 1. The molecule has 1 N–H and O–H groups in total. The molecule has 160 valence electrons. The molecule has 0 bridgehead atoms. The van der Waals surface area contributed by atoms with Crippen molar-refractivity contribution in [1.82, 2.24) is 4.31 Å². The third-order valence-corrected chi connectivity index (χ3v) is 7.36. The van der Waals surface area contributed by atoms with E-state index in [-0.39, 0.29) is 16.7 Å². The van der Waals surface area contributed by atoms with Crippen molar-refractivity contribution in [2.24, 2.45) is 5.92 Å². The molecule has 1 saturated heterocycles. The third kappa shape index (κ3) is 4.15. The van der Waals surface area contributed by atoms with Gasteiger partial charge >= 0.3 is 0 Å². The minimum atomic E-state index is -3.68. The smallest absolute Gasteiger partial charge is 0.246 e. The first-order valence-corrected chi connectivity index (χ1v) is 11.7.